The summed E-state index contributed by atoms with van der Waals surface area (Å²) in [6.07, 6.45) is 3.46. The van der Waals surface area contributed by atoms with Crippen LogP contribution in [-0.4, -0.2) is 24.5 Å². The Labute approximate surface area is 135 Å². The molecule has 0 aromatic heterocycles. The molecule has 114 valence electrons. The van der Waals surface area contributed by atoms with Gasteiger partial charge < -0.3 is 10.1 Å². The normalized spacial score (nSPS) is 10.6. The summed E-state index contributed by atoms with van der Waals surface area (Å²) in [7, 11) is 0. The van der Waals surface area contributed by atoms with Crippen molar-refractivity contribution in [2.75, 3.05) is 13.2 Å². The molecule has 0 bridgehead atoms. The number of hydrogen-bond acceptors (Lipinski definition) is 3. The zero-order chi connectivity index (χ0) is 15.8. The first-order chi connectivity index (χ1) is 10.8. The molecule has 0 fully saturated rings. The minimum Gasteiger partial charge on any atom is -0.493 e. The van der Waals surface area contributed by atoms with E-state index in [1.54, 1.807) is 12.3 Å². The molecule has 4 nitrogen and oxygen atoms in total. The monoisotopic (exact) mass is 313 g/mol. The molecule has 0 atom stereocenters. The number of hydrazone groups is 1. The van der Waals surface area contributed by atoms with Crippen molar-refractivity contribution in [3.63, 3.8) is 0 Å². The molecule has 0 aliphatic carbocycles. The molecule has 0 saturated carbocycles. The molecule has 2 aromatic rings. The molecule has 0 heterocycles. The highest BCUT2D eigenvalue weighted by Gasteiger charge is 2.06. The number of fused-ring (bicyclic) bond motifs is 1. The molecule has 2 aromatic carbocycles. The number of rotatable bonds is 6. The van der Waals surface area contributed by atoms with Crippen molar-refractivity contribution in [2.24, 2.45) is 5.10 Å². The highest BCUT2D eigenvalue weighted by molar-refractivity contribution is 7.80. The van der Waals surface area contributed by atoms with Crippen LogP contribution in [0.25, 0.3) is 10.8 Å². The van der Waals surface area contributed by atoms with Crippen LogP contribution >= 0.6 is 12.2 Å². The lowest BCUT2D eigenvalue weighted by molar-refractivity contribution is 0.340. The maximum Gasteiger partial charge on any atom is 0.187 e. The van der Waals surface area contributed by atoms with Crippen molar-refractivity contribution >= 4 is 34.3 Å². The largest absolute Gasteiger partial charge is 0.493 e. The van der Waals surface area contributed by atoms with Gasteiger partial charge in [-0.3, -0.25) is 5.43 Å². The lowest BCUT2D eigenvalue weighted by atomic mass is 10.0. The van der Waals surface area contributed by atoms with Gasteiger partial charge in [-0.05, 0) is 36.0 Å². The number of nitrogens with zero attached hydrogens (tertiary/aromatic N) is 1. The molecule has 0 radical (unpaired) electrons. The van der Waals surface area contributed by atoms with Crippen LogP contribution in [0.1, 0.15) is 12.5 Å². The molecule has 0 aliphatic heterocycles. The van der Waals surface area contributed by atoms with Crippen molar-refractivity contribution < 1.29 is 4.74 Å². The van der Waals surface area contributed by atoms with E-state index in [-0.39, 0.29) is 0 Å². The van der Waals surface area contributed by atoms with Gasteiger partial charge in [-0.2, -0.15) is 5.10 Å². The summed E-state index contributed by atoms with van der Waals surface area (Å²) in [6.45, 7) is 6.78. The van der Waals surface area contributed by atoms with E-state index in [0.717, 1.165) is 22.1 Å². The third-order valence-corrected chi connectivity index (χ3v) is 3.23. The summed E-state index contributed by atoms with van der Waals surface area (Å²) in [5.74, 6) is 0.803. The molecular weight excluding hydrogens is 294 g/mol. The average molecular weight is 313 g/mol. The first-order valence-corrected chi connectivity index (χ1v) is 7.49. The van der Waals surface area contributed by atoms with Gasteiger partial charge in [-0.1, -0.05) is 36.4 Å². The van der Waals surface area contributed by atoms with Gasteiger partial charge in [0.05, 0.1) is 12.8 Å². The molecule has 0 unspecified atom stereocenters. The lowest BCUT2D eigenvalue weighted by Crippen LogP contribution is -2.31. The number of thiocarbonyl (C=S) groups is 1. The van der Waals surface area contributed by atoms with E-state index in [4.69, 9.17) is 17.0 Å². The van der Waals surface area contributed by atoms with Crippen LogP contribution in [0.15, 0.2) is 54.2 Å². The Bertz CT molecular complexity index is 697. The fourth-order valence-electron chi connectivity index (χ4n) is 2.05. The van der Waals surface area contributed by atoms with E-state index < -0.39 is 0 Å². The van der Waals surface area contributed by atoms with Crippen LogP contribution < -0.4 is 15.5 Å². The molecule has 2 N–H and O–H groups in total. The molecule has 0 spiro atoms. The van der Waals surface area contributed by atoms with Gasteiger partial charge in [0.2, 0.25) is 0 Å². The predicted molar refractivity (Wildman–Crippen MR) is 96.6 cm³/mol. The van der Waals surface area contributed by atoms with Gasteiger partial charge in [0.15, 0.2) is 5.11 Å². The molecule has 0 saturated heterocycles. The summed E-state index contributed by atoms with van der Waals surface area (Å²) < 4.78 is 5.69. The Morgan fingerprint density at radius 2 is 2.14 bits per heavy atom. The molecule has 2 rings (SSSR count). The average Bonchev–Trinajstić information content (AvgIpc) is 2.54. The van der Waals surface area contributed by atoms with Gasteiger partial charge in [0.1, 0.15) is 5.75 Å². The zero-order valence-corrected chi connectivity index (χ0v) is 13.3. The maximum absolute atomic E-state index is 5.69. The number of nitrogens with one attached hydrogen (secondary N) is 2. The lowest BCUT2D eigenvalue weighted by Gasteiger charge is -2.10. The van der Waals surface area contributed by atoms with Crippen molar-refractivity contribution in [1.29, 1.82) is 0 Å². The standard InChI is InChI=1S/C17H19N3OS/c1-3-11-18-17(22)20-19-12-15-14-8-6-5-7-13(14)9-10-16(15)21-4-2/h3,5-10,12H,1,4,11H2,2H3,(H2,18,20,22). The van der Waals surface area contributed by atoms with Gasteiger partial charge in [0, 0.05) is 12.1 Å². The minimum absolute atomic E-state index is 0.453. The first kappa shape index (κ1) is 16.0. The van der Waals surface area contributed by atoms with E-state index >= 15 is 0 Å². The number of benzene rings is 2. The van der Waals surface area contributed by atoms with Crippen LogP contribution in [-0.2, 0) is 0 Å². The molecule has 0 aliphatic rings. The molecular formula is C17H19N3OS. The fraction of sp³-hybridized carbons (Fsp3) is 0.176. The smallest absolute Gasteiger partial charge is 0.187 e. The van der Waals surface area contributed by atoms with Crippen LogP contribution in [0, 0.1) is 0 Å². The van der Waals surface area contributed by atoms with Crippen LogP contribution in [0.5, 0.6) is 5.75 Å². The van der Waals surface area contributed by atoms with Crippen molar-refractivity contribution in [1.82, 2.24) is 10.7 Å². The van der Waals surface area contributed by atoms with Crippen LogP contribution in [0.4, 0.5) is 0 Å². The summed E-state index contributed by atoms with van der Waals surface area (Å²) in [5.41, 5.74) is 3.72. The van der Waals surface area contributed by atoms with Gasteiger partial charge in [0.25, 0.3) is 0 Å². The fourth-order valence-corrected chi connectivity index (χ4v) is 2.19. The highest BCUT2D eigenvalue weighted by atomic mass is 32.1. The minimum atomic E-state index is 0.453. The Balaban J connectivity index is 2.25. The Morgan fingerprint density at radius 1 is 1.32 bits per heavy atom. The predicted octanol–water partition coefficient (Wildman–Crippen LogP) is 3.22. The van der Waals surface area contributed by atoms with E-state index in [0.29, 0.717) is 18.3 Å². The van der Waals surface area contributed by atoms with E-state index in [2.05, 4.69) is 28.5 Å². The van der Waals surface area contributed by atoms with Crippen molar-refractivity contribution in [3.05, 3.63) is 54.6 Å². The quantitative estimate of drug-likeness (QED) is 0.372. The van der Waals surface area contributed by atoms with Crippen molar-refractivity contribution in [3.8, 4) is 5.75 Å². The summed E-state index contributed by atoms with van der Waals surface area (Å²) in [5, 5.41) is 9.83. The number of hydrogen-bond donors (Lipinski definition) is 2. The van der Waals surface area contributed by atoms with Gasteiger partial charge in [-0.15, -0.1) is 6.58 Å². The van der Waals surface area contributed by atoms with Crippen molar-refractivity contribution in [2.45, 2.75) is 6.92 Å². The van der Waals surface area contributed by atoms with E-state index in [1.165, 1.54) is 0 Å². The van der Waals surface area contributed by atoms with Gasteiger partial charge in [-0.25, -0.2) is 0 Å². The second kappa shape index (κ2) is 8.14. The molecule has 0 amide bonds. The summed E-state index contributed by atoms with van der Waals surface area (Å²) >= 11 is 5.10. The topological polar surface area (TPSA) is 45.7 Å². The third kappa shape index (κ3) is 4.05. The molecule has 22 heavy (non-hydrogen) atoms. The number of ether oxygens (including phenoxy) is 1. The van der Waals surface area contributed by atoms with Crippen LogP contribution in [0.3, 0.4) is 0 Å². The Kier molecular flexibility index (Phi) is 5.91. The first-order valence-electron chi connectivity index (χ1n) is 7.08. The second-order valence-electron chi connectivity index (χ2n) is 4.50. The highest BCUT2D eigenvalue weighted by Crippen LogP contribution is 2.26. The van der Waals surface area contributed by atoms with Crippen LogP contribution in [0.2, 0.25) is 0 Å². The van der Waals surface area contributed by atoms with E-state index in [1.807, 2.05) is 37.3 Å². The Hall–Kier alpha value is -2.40. The summed E-state index contributed by atoms with van der Waals surface area (Å²) in [4.78, 5) is 0. The third-order valence-electron chi connectivity index (χ3n) is 3.00. The maximum atomic E-state index is 5.69. The van der Waals surface area contributed by atoms with Gasteiger partial charge >= 0.3 is 0 Å². The Morgan fingerprint density at radius 3 is 2.91 bits per heavy atom. The zero-order valence-electron chi connectivity index (χ0n) is 12.5. The SMILES string of the molecule is C=CCNC(=S)NN=Cc1c(OCC)ccc2ccccc12. The summed E-state index contributed by atoms with van der Waals surface area (Å²) in [6, 6.07) is 12.1. The molecule has 5 heteroatoms. The second-order valence-corrected chi connectivity index (χ2v) is 4.91. The van der Waals surface area contributed by atoms with E-state index in [9.17, 15) is 0 Å².